The lowest BCUT2D eigenvalue weighted by molar-refractivity contribution is 0.0607. The van der Waals surface area contributed by atoms with Gasteiger partial charge in [-0.3, -0.25) is 4.72 Å². The molecule has 0 bridgehead atoms. The Morgan fingerprint density at radius 1 is 1.24 bits per heavy atom. The number of hydrogen-bond acceptors (Lipinski definition) is 5. The average molecular weight is 378 g/mol. The summed E-state index contributed by atoms with van der Waals surface area (Å²) in [6.45, 7) is 8.01. The van der Waals surface area contributed by atoms with Crippen LogP contribution in [0.1, 0.15) is 36.0 Å². The summed E-state index contributed by atoms with van der Waals surface area (Å²) in [6, 6.07) is 6.84. The fourth-order valence-electron chi connectivity index (χ4n) is 2.33. The molecule has 1 aromatic carbocycles. The topological polar surface area (TPSA) is 72.5 Å². The largest absolute Gasteiger partial charge is 0.465 e. The smallest absolute Gasteiger partial charge is 0.350 e. The van der Waals surface area contributed by atoms with Crippen LogP contribution < -0.4 is 10.2 Å². The molecule has 5 nitrogen and oxygen atoms in total. The van der Waals surface area contributed by atoms with Gasteiger partial charge in [0.15, 0.2) is 0 Å². The van der Waals surface area contributed by atoms with Crippen molar-refractivity contribution >= 4 is 45.8 Å². The third kappa shape index (κ3) is 4.25. The van der Waals surface area contributed by atoms with Crippen molar-refractivity contribution in [3.8, 4) is 0 Å². The summed E-state index contributed by atoms with van der Waals surface area (Å²) in [4.78, 5) is 12.1. The van der Waals surface area contributed by atoms with E-state index in [1.165, 1.54) is 7.11 Å². The Kier molecular flexibility index (Phi) is 5.63. The Labute approximate surface area is 153 Å². The molecule has 1 N–H and O–H groups in total. The lowest BCUT2D eigenvalue weighted by Crippen LogP contribution is -2.27. The highest BCUT2D eigenvalue weighted by molar-refractivity contribution is 7.93. The number of anilines is 1. The second kappa shape index (κ2) is 7.21. The van der Waals surface area contributed by atoms with Gasteiger partial charge in [-0.05, 0) is 28.5 Å². The Balaban J connectivity index is 2.44. The van der Waals surface area contributed by atoms with Crippen molar-refractivity contribution in [2.75, 3.05) is 11.8 Å². The van der Waals surface area contributed by atoms with Crippen molar-refractivity contribution in [1.82, 2.24) is 0 Å². The summed E-state index contributed by atoms with van der Waals surface area (Å²) in [7, 11) is -0.813. The molecule has 0 unspecified atom stereocenters. The van der Waals surface area contributed by atoms with E-state index in [-0.39, 0.29) is 20.9 Å². The van der Waals surface area contributed by atoms with Crippen LogP contribution in [-0.2, 0) is 20.2 Å². The summed E-state index contributed by atoms with van der Waals surface area (Å²) in [5.74, 6) is -0.571. The maximum absolute atomic E-state index is 12.8. The molecular formula is C17H21BNO4S2. The van der Waals surface area contributed by atoms with E-state index in [4.69, 9.17) is 0 Å². The van der Waals surface area contributed by atoms with Crippen LogP contribution in [0.2, 0.25) is 6.82 Å². The first-order chi connectivity index (χ1) is 11.6. The van der Waals surface area contributed by atoms with Gasteiger partial charge in [0.1, 0.15) is 12.2 Å². The van der Waals surface area contributed by atoms with Crippen molar-refractivity contribution in [3.63, 3.8) is 0 Å². The minimum absolute atomic E-state index is 0.0844. The van der Waals surface area contributed by atoms with E-state index < -0.39 is 16.0 Å². The third-order valence-electron chi connectivity index (χ3n) is 3.76. The number of ether oxygens (including phenoxy) is 1. The number of esters is 1. The van der Waals surface area contributed by atoms with Crippen LogP contribution >= 0.6 is 11.3 Å². The molecule has 0 saturated carbocycles. The van der Waals surface area contributed by atoms with Gasteiger partial charge in [0.2, 0.25) is 0 Å². The zero-order valence-corrected chi connectivity index (χ0v) is 16.5. The van der Waals surface area contributed by atoms with E-state index in [0.29, 0.717) is 5.46 Å². The van der Waals surface area contributed by atoms with Crippen LogP contribution in [0.4, 0.5) is 5.69 Å². The monoisotopic (exact) mass is 378 g/mol. The SMILES string of the molecule is C[B]c1cc(C(C)(C)C)ccc1S(=O)(=O)Nc1ccsc1C(=O)OC. The standard InChI is InChI=1S/C17H21BNO4S2/c1-17(2,3)11-6-7-14(12(10-11)18-4)25(21,22)19-13-8-9-24-15(13)16(20)23-5/h6-10,19H,1-5H3. The van der Waals surface area contributed by atoms with Crippen LogP contribution in [0, 0.1) is 0 Å². The average Bonchev–Trinajstić information content (AvgIpc) is 2.99. The molecule has 133 valence electrons. The molecule has 0 aliphatic carbocycles. The quantitative estimate of drug-likeness (QED) is 0.641. The van der Waals surface area contributed by atoms with Crippen molar-refractivity contribution in [2.45, 2.75) is 37.9 Å². The van der Waals surface area contributed by atoms with Crippen LogP contribution in [0.15, 0.2) is 34.5 Å². The molecule has 0 spiro atoms. The Bertz CT molecular complexity index is 882. The predicted octanol–water partition coefficient (Wildman–Crippen LogP) is 3.01. The molecule has 1 heterocycles. The summed E-state index contributed by atoms with van der Waals surface area (Å²) in [5.41, 5.74) is 1.80. The molecule has 8 heteroatoms. The summed E-state index contributed by atoms with van der Waals surface area (Å²) in [5, 5.41) is 1.64. The number of carbonyl (C=O) groups excluding carboxylic acids is 1. The van der Waals surface area contributed by atoms with Crippen LogP contribution in [0.5, 0.6) is 0 Å². The third-order valence-corrected chi connectivity index (χ3v) is 6.09. The highest BCUT2D eigenvalue weighted by Crippen LogP contribution is 2.27. The molecule has 0 aliphatic heterocycles. The number of nitrogens with one attached hydrogen (secondary N) is 1. The van der Waals surface area contributed by atoms with Gasteiger partial charge in [0.25, 0.3) is 10.0 Å². The number of sulfonamides is 1. The first-order valence-electron chi connectivity index (χ1n) is 7.72. The van der Waals surface area contributed by atoms with E-state index in [2.05, 4.69) is 30.2 Å². The summed E-state index contributed by atoms with van der Waals surface area (Å²) < 4.78 is 32.8. The molecule has 0 aliphatic rings. The molecule has 1 aromatic heterocycles. The van der Waals surface area contributed by atoms with Gasteiger partial charge >= 0.3 is 5.97 Å². The zero-order valence-electron chi connectivity index (χ0n) is 14.9. The van der Waals surface area contributed by atoms with Crippen LogP contribution in [0.3, 0.4) is 0 Å². The Morgan fingerprint density at radius 2 is 1.92 bits per heavy atom. The molecule has 25 heavy (non-hydrogen) atoms. The van der Waals surface area contributed by atoms with E-state index >= 15 is 0 Å². The number of thiophene rings is 1. The number of benzene rings is 1. The van der Waals surface area contributed by atoms with Gasteiger partial charge in [-0.25, -0.2) is 13.2 Å². The van der Waals surface area contributed by atoms with Crippen molar-refractivity contribution < 1.29 is 17.9 Å². The summed E-state index contributed by atoms with van der Waals surface area (Å²) >= 11 is 1.12. The Morgan fingerprint density at radius 3 is 2.48 bits per heavy atom. The lowest BCUT2D eigenvalue weighted by Gasteiger charge is -2.21. The maximum Gasteiger partial charge on any atom is 0.350 e. The van der Waals surface area contributed by atoms with Gasteiger partial charge in [-0.15, -0.1) is 11.3 Å². The first kappa shape index (κ1) is 19.5. The highest BCUT2D eigenvalue weighted by Gasteiger charge is 2.24. The molecule has 1 radical (unpaired) electrons. The van der Waals surface area contributed by atoms with Gasteiger partial charge in [0, 0.05) is 0 Å². The minimum atomic E-state index is -3.83. The van der Waals surface area contributed by atoms with E-state index in [1.54, 1.807) is 31.6 Å². The van der Waals surface area contributed by atoms with Gasteiger partial charge in [-0.1, -0.05) is 45.2 Å². The molecule has 0 atom stereocenters. The number of carbonyl (C=O) groups is 1. The number of methoxy groups -OCH3 is 1. The van der Waals surface area contributed by atoms with Gasteiger partial charge < -0.3 is 4.74 Å². The van der Waals surface area contributed by atoms with E-state index in [9.17, 15) is 13.2 Å². The second-order valence-corrected chi connectivity index (χ2v) is 9.12. The minimum Gasteiger partial charge on any atom is -0.465 e. The second-order valence-electron chi connectivity index (χ2n) is 6.55. The van der Waals surface area contributed by atoms with Crippen molar-refractivity contribution in [1.29, 1.82) is 0 Å². The maximum atomic E-state index is 12.8. The molecule has 2 rings (SSSR count). The van der Waals surface area contributed by atoms with Gasteiger partial charge in [-0.2, -0.15) is 0 Å². The molecule has 2 aromatic rings. The van der Waals surface area contributed by atoms with Crippen LogP contribution in [-0.4, -0.2) is 28.8 Å². The molecule has 0 amide bonds. The fourth-order valence-corrected chi connectivity index (χ4v) is 4.46. The number of rotatable bonds is 5. The number of hydrogen-bond donors (Lipinski definition) is 1. The lowest BCUT2D eigenvalue weighted by atomic mass is 9.71. The highest BCUT2D eigenvalue weighted by atomic mass is 32.2. The predicted molar refractivity (Wildman–Crippen MR) is 103 cm³/mol. The summed E-state index contributed by atoms with van der Waals surface area (Å²) in [6.07, 6.45) is 0. The van der Waals surface area contributed by atoms with E-state index in [1.807, 2.05) is 12.1 Å². The first-order valence-corrected chi connectivity index (χ1v) is 10.1. The van der Waals surface area contributed by atoms with Crippen LogP contribution in [0.25, 0.3) is 0 Å². The molecule has 0 fully saturated rings. The normalized spacial score (nSPS) is 11.9. The van der Waals surface area contributed by atoms with Crippen molar-refractivity contribution in [2.24, 2.45) is 0 Å². The van der Waals surface area contributed by atoms with Crippen molar-refractivity contribution in [3.05, 3.63) is 40.1 Å². The Hall–Kier alpha value is -1.80. The van der Waals surface area contributed by atoms with E-state index in [0.717, 1.165) is 16.9 Å². The van der Waals surface area contributed by atoms with Gasteiger partial charge in [0.05, 0.1) is 17.7 Å². The zero-order chi connectivity index (χ0) is 18.8. The fraction of sp³-hybridized carbons (Fsp3) is 0.353. The molecular weight excluding hydrogens is 357 g/mol. The molecule has 0 saturated heterocycles.